The van der Waals surface area contributed by atoms with Gasteiger partial charge in [-0.25, -0.2) is 0 Å². The molecule has 0 heterocycles. The summed E-state index contributed by atoms with van der Waals surface area (Å²) in [4.78, 5) is 0. The number of hydrogen-bond donors (Lipinski definition) is 2. The van der Waals surface area contributed by atoms with Crippen LogP contribution in [0.15, 0.2) is 18.2 Å². The Labute approximate surface area is 116 Å². The van der Waals surface area contributed by atoms with Crippen molar-refractivity contribution in [2.45, 2.75) is 38.9 Å². The maximum atomic E-state index is 7.29. The Morgan fingerprint density at radius 2 is 1.84 bits per heavy atom. The third-order valence-electron chi connectivity index (χ3n) is 3.72. The molecule has 0 aromatic heterocycles. The van der Waals surface area contributed by atoms with Gasteiger partial charge in [-0.2, -0.15) is 0 Å². The molecule has 103 valence electrons. The summed E-state index contributed by atoms with van der Waals surface area (Å²) < 4.78 is 11.3. The van der Waals surface area contributed by atoms with Crippen molar-refractivity contribution in [2.24, 2.45) is 0 Å². The molecule has 0 fully saturated rings. The van der Waals surface area contributed by atoms with E-state index in [0.717, 1.165) is 5.46 Å². The molecule has 19 heavy (non-hydrogen) atoms. The van der Waals surface area contributed by atoms with Crippen molar-refractivity contribution in [3.05, 3.63) is 23.8 Å². The zero-order valence-electron chi connectivity index (χ0n) is 12.3. The van der Waals surface area contributed by atoms with Gasteiger partial charge in [-0.05, 0) is 33.8 Å². The van der Waals surface area contributed by atoms with E-state index in [1.54, 1.807) is 20.7 Å². The highest BCUT2D eigenvalue weighted by atomic mass is 16.5. The standard InChI is InChI=1S/C14H22BN2O2/c1-13(2,18-5)14(3,4)19-15-11-6-7-12(17)10(8-11)9-16/h6-9,16H,17H2,1-5H3. The normalized spacial score (nSPS) is 12.3. The van der Waals surface area contributed by atoms with Gasteiger partial charge in [0.15, 0.2) is 0 Å². The van der Waals surface area contributed by atoms with Crippen LogP contribution in [0.4, 0.5) is 5.69 Å². The van der Waals surface area contributed by atoms with E-state index in [-0.39, 0.29) is 0 Å². The number of ether oxygens (including phenoxy) is 1. The predicted molar refractivity (Wildman–Crippen MR) is 80.4 cm³/mol. The van der Waals surface area contributed by atoms with Gasteiger partial charge < -0.3 is 20.5 Å². The van der Waals surface area contributed by atoms with Crippen molar-refractivity contribution in [3.8, 4) is 0 Å². The van der Waals surface area contributed by atoms with Crippen LogP contribution in [0.1, 0.15) is 33.3 Å². The van der Waals surface area contributed by atoms with Crippen LogP contribution in [-0.2, 0) is 9.39 Å². The van der Waals surface area contributed by atoms with Crippen LogP contribution in [0.5, 0.6) is 0 Å². The molecule has 0 spiro atoms. The van der Waals surface area contributed by atoms with Gasteiger partial charge in [0.2, 0.25) is 0 Å². The third-order valence-corrected chi connectivity index (χ3v) is 3.72. The van der Waals surface area contributed by atoms with Gasteiger partial charge >= 0.3 is 7.48 Å². The van der Waals surface area contributed by atoms with E-state index in [2.05, 4.69) is 0 Å². The highest BCUT2D eigenvalue weighted by Gasteiger charge is 2.37. The molecule has 1 aromatic carbocycles. The highest BCUT2D eigenvalue weighted by Crippen LogP contribution is 2.27. The molecule has 0 unspecified atom stereocenters. The minimum Gasteiger partial charge on any atom is -0.427 e. The van der Waals surface area contributed by atoms with Crippen molar-refractivity contribution < 1.29 is 9.39 Å². The molecule has 0 atom stereocenters. The van der Waals surface area contributed by atoms with E-state index in [0.29, 0.717) is 11.3 Å². The monoisotopic (exact) mass is 261 g/mol. The summed E-state index contributed by atoms with van der Waals surface area (Å²) in [6.07, 6.45) is 1.23. The minimum absolute atomic E-state index is 0.415. The van der Waals surface area contributed by atoms with E-state index in [1.165, 1.54) is 6.21 Å². The first-order valence-electron chi connectivity index (χ1n) is 6.19. The lowest BCUT2D eigenvalue weighted by Crippen LogP contribution is -2.50. The Bertz CT molecular complexity index is 459. The van der Waals surface area contributed by atoms with Crippen LogP contribution in [0.25, 0.3) is 0 Å². The summed E-state index contributed by atoms with van der Waals surface area (Å²) in [5, 5.41) is 7.29. The molecule has 0 amide bonds. The third kappa shape index (κ3) is 3.58. The smallest absolute Gasteiger partial charge is 0.330 e. The topological polar surface area (TPSA) is 68.3 Å². The number of anilines is 1. The molecule has 1 rings (SSSR count). The van der Waals surface area contributed by atoms with Crippen LogP contribution in [0.3, 0.4) is 0 Å². The fourth-order valence-corrected chi connectivity index (χ4v) is 1.39. The average molecular weight is 261 g/mol. The molecule has 0 aliphatic carbocycles. The fraction of sp³-hybridized carbons (Fsp3) is 0.500. The van der Waals surface area contributed by atoms with E-state index in [4.69, 9.17) is 20.5 Å². The van der Waals surface area contributed by atoms with Gasteiger partial charge in [0.25, 0.3) is 0 Å². The van der Waals surface area contributed by atoms with Gasteiger partial charge in [-0.1, -0.05) is 17.6 Å². The summed E-state index contributed by atoms with van der Waals surface area (Å²) in [5.74, 6) is 0. The van der Waals surface area contributed by atoms with Crippen LogP contribution < -0.4 is 11.2 Å². The Morgan fingerprint density at radius 1 is 1.21 bits per heavy atom. The molecule has 0 aliphatic rings. The number of benzene rings is 1. The Kier molecular flexibility index (Phi) is 4.77. The lowest BCUT2D eigenvalue weighted by Gasteiger charge is -2.40. The molecular formula is C14H22BN2O2. The number of nitrogen functional groups attached to an aromatic ring is 1. The van der Waals surface area contributed by atoms with Crippen molar-refractivity contribution in [1.29, 1.82) is 5.41 Å². The zero-order valence-corrected chi connectivity index (χ0v) is 12.3. The van der Waals surface area contributed by atoms with E-state index in [1.807, 2.05) is 39.8 Å². The maximum Gasteiger partial charge on any atom is 0.330 e. The average Bonchev–Trinajstić information content (AvgIpc) is 2.37. The molecule has 5 heteroatoms. The second-order valence-electron chi connectivity index (χ2n) is 5.49. The zero-order chi connectivity index (χ0) is 14.7. The van der Waals surface area contributed by atoms with Crippen LogP contribution >= 0.6 is 0 Å². The SMILES string of the molecule is COC(C)(C)C(C)(C)O[B]c1ccc(N)c(C=N)c1. The largest absolute Gasteiger partial charge is 0.427 e. The van der Waals surface area contributed by atoms with Gasteiger partial charge in [0.1, 0.15) is 0 Å². The second-order valence-corrected chi connectivity index (χ2v) is 5.49. The Morgan fingerprint density at radius 3 is 2.37 bits per heavy atom. The number of hydrogen-bond acceptors (Lipinski definition) is 4. The highest BCUT2D eigenvalue weighted by molar-refractivity contribution is 6.47. The molecule has 0 aliphatic heterocycles. The van der Waals surface area contributed by atoms with E-state index < -0.39 is 11.2 Å². The van der Waals surface area contributed by atoms with Crippen molar-refractivity contribution in [1.82, 2.24) is 0 Å². The van der Waals surface area contributed by atoms with Gasteiger partial charge in [0.05, 0.1) is 11.2 Å². The molecule has 0 saturated heterocycles. The van der Waals surface area contributed by atoms with Crippen molar-refractivity contribution >= 4 is 24.8 Å². The van der Waals surface area contributed by atoms with Crippen LogP contribution in [0, 0.1) is 5.41 Å². The quantitative estimate of drug-likeness (QED) is 0.465. The van der Waals surface area contributed by atoms with Gasteiger partial charge in [0, 0.05) is 24.6 Å². The maximum absolute atomic E-state index is 7.29. The van der Waals surface area contributed by atoms with Crippen molar-refractivity contribution in [2.75, 3.05) is 12.8 Å². The molecule has 1 aromatic rings. The molecule has 1 radical (unpaired) electrons. The van der Waals surface area contributed by atoms with Crippen LogP contribution in [-0.4, -0.2) is 32.0 Å². The first-order chi connectivity index (χ1) is 8.73. The number of nitrogens with one attached hydrogen (secondary N) is 1. The summed E-state index contributed by atoms with van der Waals surface area (Å²) >= 11 is 0. The molecule has 0 saturated carbocycles. The lowest BCUT2D eigenvalue weighted by molar-refractivity contribution is -0.114. The summed E-state index contributed by atoms with van der Waals surface area (Å²) in [6, 6.07) is 5.44. The summed E-state index contributed by atoms with van der Waals surface area (Å²) in [6.45, 7) is 7.91. The summed E-state index contributed by atoms with van der Waals surface area (Å²) in [7, 11) is 3.34. The van der Waals surface area contributed by atoms with Gasteiger partial charge in [-0.3, -0.25) is 0 Å². The number of rotatable bonds is 6. The van der Waals surface area contributed by atoms with E-state index >= 15 is 0 Å². The van der Waals surface area contributed by atoms with Crippen molar-refractivity contribution in [3.63, 3.8) is 0 Å². The number of methoxy groups -OCH3 is 1. The first kappa shape index (κ1) is 15.7. The minimum atomic E-state index is -0.478. The summed E-state index contributed by atoms with van der Waals surface area (Å²) in [5.41, 5.74) is 6.99. The fourth-order valence-electron chi connectivity index (χ4n) is 1.39. The molecular weight excluding hydrogens is 239 g/mol. The predicted octanol–water partition coefficient (Wildman–Crippen LogP) is 1.73. The molecule has 0 bridgehead atoms. The Balaban J connectivity index is 2.79. The second kappa shape index (κ2) is 5.76. The van der Waals surface area contributed by atoms with Gasteiger partial charge in [-0.15, -0.1) is 0 Å². The van der Waals surface area contributed by atoms with Crippen LogP contribution in [0.2, 0.25) is 0 Å². The Hall–Kier alpha value is -1.33. The lowest BCUT2D eigenvalue weighted by atomic mass is 9.82. The number of nitrogens with two attached hydrogens (primary N) is 1. The molecule has 4 nitrogen and oxygen atoms in total. The molecule has 3 N–H and O–H groups in total. The van der Waals surface area contributed by atoms with E-state index in [9.17, 15) is 0 Å². The first-order valence-corrected chi connectivity index (χ1v) is 6.19.